The third-order valence-corrected chi connectivity index (χ3v) is 2.52. The predicted molar refractivity (Wildman–Crippen MR) is 67.6 cm³/mol. The third kappa shape index (κ3) is 3.56. The highest BCUT2D eigenvalue weighted by molar-refractivity contribution is 5.56. The van der Waals surface area contributed by atoms with Crippen molar-refractivity contribution in [2.24, 2.45) is 0 Å². The lowest BCUT2D eigenvalue weighted by Crippen LogP contribution is -2.07. The number of rotatable bonds is 1. The highest BCUT2D eigenvalue weighted by Gasteiger charge is 2.35. The topological polar surface area (TPSA) is 41.6 Å². The van der Waals surface area contributed by atoms with E-state index in [-0.39, 0.29) is 5.82 Å². The molecule has 6 heteroatoms. The van der Waals surface area contributed by atoms with Gasteiger partial charge in [-0.25, -0.2) is 4.98 Å². The van der Waals surface area contributed by atoms with E-state index in [1.165, 1.54) is 0 Å². The smallest absolute Gasteiger partial charge is 0.255 e. The zero-order valence-corrected chi connectivity index (χ0v) is 11.3. The fourth-order valence-electron chi connectivity index (χ4n) is 1.40. The van der Waals surface area contributed by atoms with Crippen molar-refractivity contribution >= 4 is 0 Å². The Balaban J connectivity index is 0.000000861. The maximum atomic E-state index is 12.3. The van der Waals surface area contributed by atoms with Gasteiger partial charge in [-0.3, -0.25) is 5.10 Å². The lowest BCUT2D eigenvalue weighted by Gasteiger charge is -2.01. The van der Waals surface area contributed by atoms with Crippen LogP contribution in [0.1, 0.15) is 30.8 Å². The standard InChI is InChI=1S/C11H10F3N3.C2H6/c1-6-3-4-8(5-7(6)2)9-15-10(17-16-9)11(12,13)14;1-2/h3-5H,1-2H3,(H,15,16,17);1-2H3. The number of halogens is 3. The van der Waals surface area contributed by atoms with E-state index in [0.29, 0.717) is 5.56 Å². The molecule has 0 fully saturated rings. The van der Waals surface area contributed by atoms with Crippen LogP contribution in [-0.4, -0.2) is 15.2 Å². The van der Waals surface area contributed by atoms with Gasteiger partial charge in [0, 0.05) is 5.56 Å². The predicted octanol–water partition coefficient (Wildman–Crippen LogP) is 4.13. The first-order valence-corrected chi connectivity index (χ1v) is 5.95. The van der Waals surface area contributed by atoms with E-state index in [4.69, 9.17) is 0 Å². The van der Waals surface area contributed by atoms with Crippen molar-refractivity contribution in [1.29, 1.82) is 0 Å². The molecule has 0 radical (unpaired) electrons. The van der Waals surface area contributed by atoms with Crippen LogP contribution in [0.2, 0.25) is 0 Å². The molecule has 1 aromatic carbocycles. The molecule has 0 saturated carbocycles. The molecule has 0 unspecified atom stereocenters. The molecule has 2 aromatic rings. The number of aromatic nitrogens is 3. The summed E-state index contributed by atoms with van der Waals surface area (Å²) in [7, 11) is 0. The minimum Gasteiger partial charge on any atom is -0.255 e. The van der Waals surface area contributed by atoms with Gasteiger partial charge in [0.15, 0.2) is 5.82 Å². The summed E-state index contributed by atoms with van der Waals surface area (Å²) in [5, 5.41) is 5.46. The number of nitrogens with zero attached hydrogens (tertiary/aromatic N) is 2. The first-order valence-electron chi connectivity index (χ1n) is 5.95. The van der Waals surface area contributed by atoms with Gasteiger partial charge < -0.3 is 0 Å². The molecule has 1 N–H and O–H groups in total. The Morgan fingerprint density at radius 2 is 1.68 bits per heavy atom. The van der Waals surface area contributed by atoms with Crippen LogP contribution in [0.5, 0.6) is 0 Å². The van der Waals surface area contributed by atoms with Gasteiger partial charge in [0.05, 0.1) is 0 Å². The number of H-pyrrole nitrogens is 1. The van der Waals surface area contributed by atoms with Crippen molar-refractivity contribution in [3.05, 3.63) is 35.2 Å². The number of alkyl halides is 3. The van der Waals surface area contributed by atoms with Crippen molar-refractivity contribution in [2.45, 2.75) is 33.9 Å². The zero-order chi connectivity index (χ0) is 14.6. The molecule has 0 amide bonds. The second-order valence-electron chi connectivity index (χ2n) is 3.80. The van der Waals surface area contributed by atoms with Gasteiger partial charge in [0.1, 0.15) is 0 Å². The number of hydrogen-bond acceptors (Lipinski definition) is 2. The van der Waals surface area contributed by atoms with Gasteiger partial charge >= 0.3 is 6.18 Å². The number of nitrogens with one attached hydrogen (secondary N) is 1. The second-order valence-corrected chi connectivity index (χ2v) is 3.80. The van der Waals surface area contributed by atoms with E-state index in [9.17, 15) is 13.2 Å². The van der Waals surface area contributed by atoms with Gasteiger partial charge in [0.25, 0.3) is 0 Å². The summed E-state index contributed by atoms with van der Waals surface area (Å²) in [5.74, 6) is -1.02. The summed E-state index contributed by atoms with van der Waals surface area (Å²) in [6.07, 6.45) is -4.50. The Morgan fingerprint density at radius 1 is 1.05 bits per heavy atom. The van der Waals surface area contributed by atoms with Crippen molar-refractivity contribution in [2.75, 3.05) is 0 Å². The van der Waals surface area contributed by atoms with E-state index < -0.39 is 12.0 Å². The van der Waals surface area contributed by atoms with Gasteiger partial charge in [-0.1, -0.05) is 26.0 Å². The van der Waals surface area contributed by atoms with Crippen LogP contribution in [-0.2, 0) is 6.18 Å². The Morgan fingerprint density at radius 3 is 2.16 bits per heavy atom. The number of benzene rings is 1. The van der Waals surface area contributed by atoms with Crippen LogP contribution in [0.4, 0.5) is 13.2 Å². The molecule has 19 heavy (non-hydrogen) atoms. The van der Waals surface area contributed by atoms with Crippen LogP contribution < -0.4 is 0 Å². The molecule has 2 rings (SSSR count). The summed E-state index contributed by atoms with van der Waals surface area (Å²) in [6.45, 7) is 7.81. The van der Waals surface area contributed by atoms with Gasteiger partial charge in [-0.2, -0.15) is 18.3 Å². The van der Waals surface area contributed by atoms with Crippen LogP contribution in [0, 0.1) is 13.8 Å². The normalized spacial score (nSPS) is 10.9. The Labute approximate surface area is 109 Å². The van der Waals surface area contributed by atoms with Crippen LogP contribution in [0.25, 0.3) is 11.4 Å². The molecule has 0 aliphatic rings. The molecule has 3 nitrogen and oxygen atoms in total. The molecule has 0 aliphatic carbocycles. The molecule has 0 saturated heterocycles. The maximum Gasteiger partial charge on any atom is 0.451 e. The number of aryl methyl sites for hydroxylation is 2. The molecule has 0 aliphatic heterocycles. The summed E-state index contributed by atoms with van der Waals surface area (Å²) >= 11 is 0. The minimum atomic E-state index is -4.50. The SMILES string of the molecule is CC.Cc1ccc(-c2n[nH]c(C(F)(F)F)n2)cc1C. The maximum absolute atomic E-state index is 12.3. The second kappa shape index (κ2) is 5.86. The van der Waals surface area contributed by atoms with E-state index in [1.807, 2.05) is 38.9 Å². The molecule has 0 bridgehead atoms. The third-order valence-electron chi connectivity index (χ3n) is 2.52. The van der Waals surface area contributed by atoms with E-state index in [2.05, 4.69) is 10.1 Å². The zero-order valence-electron chi connectivity index (χ0n) is 11.3. The first-order chi connectivity index (χ1) is 8.88. The van der Waals surface area contributed by atoms with Crippen LogP contribution >= 0.6 is 0 Å². The lowest BCUT2D eigenvalue weighted by atomic mass is 10.1. The minimum absolute atomic E-state index is 0.0559. The average molecular weight is 271 g/mol. The fourth-order valence-corrected chi connectivity index (χ4v) is 1.40. The van der Waals surface area contributed by atoms with Crippen molar-refractivity contribution < 1.29 is 13.2 Å². The molecular weight excluding hydrogens is 255 g/mol. The number of aromatic amines is 1. The summed E-state index contributed by atoms with van der Waals surface area (Å²) < 4.78 is 37.0. The van der Waals surface area contributed by atoms with Gasteiger partial charge in [0.2, 0.25) is 5.82 Å². The Hall–Kier alpha value is -1.85. The highest BCUT2D eigenvalue weighted by atomic mass is 19.4. The van der Waals surface area contributed by atoms with Crippen molar-refractivity contribution in [3.8, 4) is 11.4 Å². The number of hydrogen-bond donors (Lipinski definition) is 1. The lowest BCUT2D eigenvalue weighted by molar-refractivity contribution is -0.144. The Kier molecular flexibility index (Phi) is 4.69. The first kappa shape index (κ1) is 15.2. The molecule has 0 atom stereocenters. The Bertz CT molecular complexity index is 544. The van der Waals surface area contributed by atoms with Crippen molar-refractivity contribution in [1.82, 2.24) is 15.2 Å². The molecule has 104 valence electrons. The highest BCUT2D eigenvalue weighted by Crippen LogP contribution is 2.27. The fraction of sp³-hybridized carbons (Fsp3) is 0.385. The van der Waals surface area contributed by atoms with Crippen LogP contribution in [0.15, 0.2) is 18.2 Å². The van der Waals surface area contributed by atoms with E-state index in [0.717, 1.165) is 11.1 Å². The monoisotopic (exact) mass is 271 g/mol. The summed E-state index contributed by atoms with van der Waals surface area (Å²) in [5.41, 5.74) is 2.63. The van der Waals surface area contributed by atoms with Crippen LogP contribution in [0.3, 0.4) is 0 Å². The average Bonchev–Trinajstić information content (AvgIpc) is 2.84. The van der Waals surface area contributed by atoms with E-state index >= 15 is 0 Å². The van der Waals surface area contributed by atoms with Crippen molar-refractivity contribution in [3.63, 3.8) is 0 Å². The van der Waals surface area contributed by atoms with E-state index in [1.54, 1.807) is 12.1 Å². The van der Waals surface area contributed by atoms with Gasteiger partial charge in [-0.15, -0.1) is 0 Å². The molecular formula is C13H16F3N3. The molecule has 1 aromatic heterocycles. The largest absolute Gasteiger partial charge is 0.451 e. The summed E-state index contributed by atoms with van der Waals surface area (Å²) in [4.78, 5) is 3.43. The quantitative estimate of drug-likeness (QED) is 0.847. The molecule has 1 heterocycles. The van der Waals surface area contributed by atoms with Gasteiger partial charge in [-0.05, 0) is 31.0 Å². The summed E-state index contributed by atoms with van der Waals surface area (Å²) in [6, 6.07) is 5.29. The molecule has 0 spiro atoms.